The van der Waals surface area contributed by atoms with Crippen molar-refractivity contribution in [3.8, 4) is 11.5 Å². The molecule has 1 N–H and O–H groups in total. The Kier molecular flexibility index (Phi) is 5.96. The van der Waals surface area contributed by atoms with Crippen LogP contribution in [0.5, 0.6) is 11.5 Å². The first-order chi connectivity index (χ1) is 10.6. The van der Waals surface area contributed by atoms with Gasteiger partial charge in [0.2, 0.25) is 0 Å². The number of halogens is 1. The van der Waals surface area contributed by atoms with E-state index in [9.17, 15) is 0 Å². The summed E-state index contributed by atoms with van der Waals surface area (Å²) < 4.78 is 11.2. The SMILES string of the molecule is CC[C@H](CNc1ccc(OC)c(Cl)c1)Oc1ccccc1C. The third kappa shape index (κ3) is 4.31. The summed E-state index contributed by atoms with van der Waals surface area (Å²) in [7, 11) is 1.61. The molecule has 0 fully saturated rings. The van der Waals surface area contributed by atoms with Crippen LogP contribution in [0.25, 0.3) is 0 Å². The largest absolute Gasteiger partial charge is 0.495 e. The predicted octanol–water partition coefficient (Wildman–Crippen LogP) is 4.93. The quantitative estimate of drug-likeness (QED) is 0.785. The van der Waals surface area contributed by atoms with Crippen molar-refractivity contribution in [2.24, 2.45) is 0 Å². The Morgan fingerprint density at radius 3 is 2.55 bits per heavy atom. The Morgan fingerprint density at radius 2 is 1.91 bits per heavy atom. The summed E-state index contributed by atoms with van der Waals surface area (Å²) >= 11 is 6.13. The van der Waals surface area contributed by atoms with E-state index in [1.165, 1.54) is 0 Å². The molecule has 2 aromatic rings. The van der Waals surface area contributed by atoms with Crippen molar-refractivity contribution in [2.75, 3.05) is 19.0 Å². The van der Waals surface area contributed by atoms with E-state index in [0.717, 1.165) is 23.4 Å². The number of ether oxygens (including phenoxy) is 2. The zero-order valence-corrected chi connectivity index (χ0v) is 14.0. The molecule has 0 aliphatic heterocycles. The van der Waals surface area contributed by atoms with Crippen LogP contribution < -0.4 is 14.8 Å². The minimum absolute atomic E-state index is 0.0991. The van der Waals surface area contributed by atoms with E-state index in [1.54, 1.807) is 7.11 Å². The lowest BCUT2D eigenvalue weighted by Crippen LogP contribution is -2.25. The van der Waals surface area contributed by atoms with Gasteiger partial charge in [0.25, 0.3) is 0 Å². The Bertz CT molecular complexity index is 616. The van der Waals surface area contributed by atoms with Crippen molar-refractivity contribution in [3.63, 3.8) is 0 Å². The molecule has 0 aliphatic rings. The second-order valence-corrected chi connectivity index (χ2v) is 5.55. The van der Waals surface area contributed by atoms with Gasteiger partial charge in [-0.2, -0.15) is 0 Å². The molecule has 0 aromatic heterocycles. The molecule has 0 saturated carbocycles. The highest BCUT2D eigenvalue weighted by atomic mass is 35.5. The number of nitrogens with one attached hydrogen (secondary N) is 1. The minimum Gasteiger partial charge on any atom is -0.495 e. The Labute approximate surface area is 137 Å². The molecule has 1 atom stereocenters. The molecular weight excluding hydrogens is 298 g/mol. The van der Waals surface area contributed by atoms with Crippen molar-refractivity contribution in [1.82, 2.24) is 0 Å². The highest BCUT2D eigenvalue weighted by Crippen LogP contribution is 2.27. The highest BCUT2D eigenvalue weighted by molar-refractivity contribution is 6.32. The number of aryl methyl sites for hydroxylation is 1. The molecule has 118 valence electrons. The Balaban J connectivity index is 1.96. The third-order valence-corrected chi connectivity index (χ3v) is 3.82. The van der Waals surface area contributed by atoms with Crippen LogP contribution in [-0.2, 0) is 0 Å². The minimum atomic E-state index is 0.0991. The lowest BCUT2D eigenvalue weighted by molar-refractivity contribution is 0.208. The average Bonchev–Trinajstić information content (AvgIpc) is 2.53. The van der Waals surface area contributed by atoms with Crippen molar-refractivity contribution < 1.29 is 9.47 Å². The van der Waals surface area contributed by atoms with Crippen LogP contribution in [0, 0.1) is 6.92 Å². The van der Waals surface area contributed by atoms with E-state index >= 15 is 0 Å². The van der Waals surface area contributed by atoms with E-state index in [1.807, 2.05) is 36.4 Å². The molecule has 0 amide bonds. The smallest absolute Gasteiger partial charge is 0.137 e. The second kappa shape index (κ2) is 7.95. The van der Waals surface area contributed by atoms with Crippen molar-refractivity contribution in [1.29, 1.82) is 0 Å². The van der Waals surface area contributed by atoms with Crippen LogP contribution >= 0.6 is 11.6 Å². The van der Waals surface area contributed by atoms with Gasteiger partial charge >= 0.3 is 0 Å². The van der Waals surface area contributed by atoms with E-state index < -0.39 is 0 Å². The number of benzene rings is 2. The maximum atomic E-state index is 6.13. The topological polar surface area (TPSA) is 30.5 Å². The molecule has 22 heavy (non-hydrogen) atoms. The number of hydrogen-bond acceptors (Lipinski definition) is 3. The lowest BCUT2D eigenvalue weighted by Gasteiger charge is -2.20. The van der Waals surface area contributed by atoms with Crippen LogP contribution in [0.2, 0.25) is 5.02 Å². The van der Waals surface area contributed by atoms with Crippen LogP contribution in [0.1, 0.15) is 18.9 Å². The van der Waals surface area contributed by atoms with Gasteiger partial charge in [-0.15, -0.1) is 0 Å². The van der Waals surface area contributed by atoms with Crippen LogP contribution in [0.4, 0.5) is 5.69 Å². The standard InChI is InChI=1S/C18H22ClNO2/c1-4-15(22-17-8-6-5-7-13(17)2)12-20-14-9-10-18(21-3)16(19)11-14/h5-11,15,20H,4,12H2,1-3H3/t15-/m1/s1. The van der Waals surface area contributed by atoms with Gasteiger partial charge in [-0.25, -0.2) is 0 Å². The molecule has 0 saturated heterocycles. The number of para-hydroxylation sites is 1. The summed E-state index contributed by atoms with van der Waals surface area (Å²) in [5.74, 6) is 1.61. The van der Waals surface area contributed by atoms with Gasteiger partial charge < -0.3 is 14.8 Å². The molecule has 0 bridgehead atoms. The zero-order chi connectivity index (χ0) is 15.9. The van der Waals surface area contributed by atoms with Crippen molar-refractivity contribution in [3.05, 3.63) is 53.1 Å². The first-order valence-electron chi connectivity index (χ1n) is 7.43. The first-order valence-corrected chi connectivity index (χ1v) is 7.81. The first kappa shape index (κ1) is 16.5. The highest BCUT2D eigenvalue weighted by Gasteiger charge is 2.10. The van der Waals surface area contributed by atoms with Gasteiger partial charge in [-0.1, -0.05) is 36.7 Å². The molecule has 0 aliphatic carbocycles. The number of hydrogen-bond donors (Lipinski definition) is 1. The monoisotopic (exact) mass is 319 g/mol. The molecule has 0 spiro atoms. The second-order valence-electron chi connectivity index (χ2n) is 5.14. The predicted molar refractivity (Wildman–Crippen MR) is 92.4 cm³/mol. The fourth-order valence-electron chi connectivity index (χ4n) is 2.15. The molecule has 0 unspecified atom stereocenters. The van der Waals surface area contributed by atoms with Gasteiger partial charge in [0.1, 0.15) is 17.6 Å². The summed E-state index contributed by atoms with van der Waals surface area (Å²) in [6.45, 7) is 4.89. The van der Waals surface area contributed by atoms with E-state index in [-0.39, 0.29) is 6.10 Å². The fourth-order valence-corrected chi connectivity index (χ4v) is 2.40. The van der Waals surface area contributed by atoms with Gasteiger partial charge in [0, 0.05) is 5.69 Å². The zero-order valence-electron chi connectivity index (χ0n) is 13.2. The molecular formula is C18H22ClNO2. The molecule has 0 radical (unpaired) electrons. The number of methoxy groups -OCH3 is 1. The molecule has 3 nitrogen and oxygen atoms in total. The summed E-state index contributed by atoms with van der Waals surface area (Å²) in [5.41, 5.74) is 2.10. The molecule has 2 rings (SSSR count). The van der Waals surface area contributed by atoms with Gasteiger partial charge in [-0.3, -0.25) is 0 Å². The Morgan fingerprint density at radius 1 is 1.14 bits per heavy atom. The fraction of sp³-hybridized carbons (Fsp3) is 0.333. The molecule has 4 heteroatoms. The summed E-state index contributed by atoms with van der Waals surface area (Å²) in [4.78, 5) is 0. The van der Waals surface area contributed by atoms with Crippen LogP contribution in [-0.4, -0.2) is 19.8 Å². The maximum absolute atomic E-state index is 6.13. The van der Waals surface area contributed by atoms with E-state index in [0.29, 0.717) is 17.3 Å². The summed E-state index contributed by atoms with van der Waals surface area (Å²) in [5, 5.41) is 3.96. The van der Waals surface area contributed by atoms with Gasteiger partial charge in [0.15, 0.2) is 0 Å². The molecule has 2 aromatic carbocycles. The Hall–Kier alpha value is -1.87. The van der Waals surface area contributed by atoms with Crippen LogP contribution in [0.3, 0.4) is 0 Å². The molecule has 0 heterocycles. The van der Waals surface area contributed by atoms with E-state index in [2.05, 4.69) is 25.2 Å². The number of rotatable bonds is 7. The number of anilines is 1. The maximum Gasteiger partial charge on any atom is 0.137 e. The van der Waals surface area contributed by atoms with Gasteiger partial charge in [-0.05, 0) is 43.2 Å². The summed E-state index contributed by atoms with van der Waals surface area (Å²) in [6.07, 6.45) is 1.02. The van der Waals surface area contributed by atoms with Crippen LogP contribution in [0.15, 0.2) is 42.5 Å². The van der Waals surface area contributed by atoms with Crippen molar-refractivity contribution in [2.45, 2.75) is 26.4 Å². The third-order valence-electron chi connectivity index (χ3n) is 3.53. The van der Waals surface area contributed by atoms with Gasteiger partial charge in [0.05, 0.1) is 18.7 Å². The average molecular weight is 320 g/mol. The van der Waals surface area contributed by atoms with Crippen molar-refractivity contribution >= 4 is 17.3 Å². The lowest BCUT2D eigenvalue weighted by atomic mass is 10.2. The summed E-state index contributed by atoms with van der Waals surface area (Å²) in [6, 6.07) is 13.7. The normalized spacial score (nSPS) is 11.8. The van der Waals surface area contributed by atoms with E-state index in [4.69, 9.17) is 21.1 Å².